The number of hydrogen-bond acceptors (Lipinski definition) is 6. The van der Waals surface area contributed by atoms with E-state index >= 15 is 0 Å². The Kier molecular flexibility index (Phi) is 7.30. The highest BCUT2D eigenvalue weighted by Gasteiger charge is 2.28. The zero-order valence-electron chi connectivity index (χ0n) is 11.8. The Morgan fingerprint density at radius 2 is 1.67 bits per heavy atom. The van der Waals surface area contributed by atoms with Gasteiger partial charge in [0.15, 0.2) is 9.84 Å². The lowest BCUT2D eigenvalue weighted by Gasteiger charge is -2.16. The van der Waals surface area contributed by atoms with Gasteiger partial charge in [-0.25, -0.2) is 13.2 Å². The molecule has 0 aliphatic heterocycles. The van der Waals surface area contributed by atoms with Crippen LogP contribution in [0.1, 0.15) is 26.7 Å². The van der Waals surface area contributed by atoms with Crippen LogP contribution in [0.5, 0.6) is 0 Å². The molecule has 5 N–H and O–H groups in total. The fraction of sp³-hybridized carbons (Fsp3) is 0.727. The lowest BCUT2D eigenvalue weighted by atomic mass is 10.1. The van der Waals surface area contributed by atoms with Crippen LogP contribution in [-0.4, -0.2) is 59.6 Å². The molecule has 122 valence electrons. The number of carbonyl (C=O) groups excluding carboxylic acids is 1. The van der Waals surface area contributed by atoms with Crippen LogP contribution in [-0.2, 0) is 24.2 Å². The summed E-state index contributed by atoms with van der Waals surface area (Å²) in [6.07, 6.45) is -0.483. The van der Waals surface area contributed by atoms with Gasteiger partial charge in [0.25, 0.3) is 0 Å². The SMILES string of the molecule is CC(C)S(=O)(=O)C[C@H](NC(=O)CCC(N)C(=O)O)C(=O)O. The molecular weight excluding hydrogens is 304 g/mol. The van der Waals surface area contributed by atoms with Crippen molar-refractivity contribution in [2.24, 2.45) is 5.73 Å². The average molecular weight is 324 g/mol. The second-order valence-electron chi connectivity index (χ2n) is 4.82. The zero-order chi connectivity index (χ0) is 16.8. The number of amides is 1. The van der Waals surface area contributed by atoms with Crippen molar-refractivity contribution in [2.45, 2.75) is 44.0 Å². The largest absolute Gasteiger partial charge is 0.480 e. The molecule has 1 amide bonds. The van der Waals surface area contributed by atoms with E-state index < -0.39 is 50.8 Å². The predicted octanol–water partition coefficient (Wildman–Crippen LogP) is -1.43. The van der Waals surface area contributed by atoms with Crippen LogP contribution in [0.25, 0.3) is 0 Å². The molecule has 0 saturated carbocycles. The molecular formula is C11H20N2O7S. The van der Waals surface area contributed by atoms with Crippen molar-refractivity contribution in [3.05, 3.63) is 0 Å². The van der Waals surface area contributed by atoms with Crippen LogP contribution >= 0.6 is 0 Å². The molecule has 0 aliphatic carbocycles. The number of hydrogen-bond donors (Lipinski definition) is 4. The summed E-state index contributed by atoms with van der Waals surface area (Å²) in [5.74, 6) is -4.25. The zero-order valence-corrected chi connectivity index (χ0v) is 12.6. The Labute approximate surface area is 122 Å². The summed E-state index contributed by atoms with van der Waals surface area (Å²) in [6.45, 7) is 2.81. The second kappa shape index (κ2) is 7.93. The molecule has 21 heavy (non-hydrogen) atoms. The molecule has 0 saturated heterocycles. The highest BCUT2D eigenvalue weighted by Crippen LogP contribution is 2.04. The Balaban J connectivity index is 4.63. The molecule has 0 aromatic rings. The molecule has 0 heterocycles. The van der Waals surface area contributed by atoms with Gasteiger partial charge in [-0.15, -0.1) is 0 Å². The topological polar surface area (TPSA) is 164 Å². The van der Waals surface area contributed by atoms with E-state index in [0.29, 0.717) is 0 Å². The Bertz CT molecular complexity index is 501. The predicted molar refractivity (Wildman–Crippen MR) is 73.3 cm³/mol. The number of carboxylic acid groups (broad SMARTS) is 2. The molecule has 0 bridgehead atoms. The molecule has 0 radical (unpaired) electrons. The monoisotopic (exact) mass is 324 g/mol. The third-order valence-electron chi connectivity index (χ3n) is 2.75. The number of nitrogens with two attached hydrogens (primary N) is 1. The van der Waals surface area contributed by atoms with Gasteiger partial charge in [0.2, 0.25) is 5.91 Å². The first-order valence-electron chi connectivity index (χ1n) is 6.19. The van der Waals surface area contributed by atoms with Crippen molar-refractivity contribution >= 4 is 27.7 Å². The molecule has 0 fully saturated rings. The summed E-state index contributed by atoms with van der Waals surface area (Å²) < 4.78 is 23.3. The van der Waals surface area contributed by atoms with Crippen molar-refractivity contribution in [1.82, 2.24) is 5.32 Å². The molecule has 10 heteroatoms. The molecule has 0 aromatic carbocycles. The number of sulfone groups is 1. The fourth-order valence-corrected chi connectivity index (χ4v) is 2.35. The van der Waals surface area contributed by atoms with Crippen molar-refractivity contribution < 1.29 is 33.0 Å². The van der Waals surface area contributed by atoms with E-state index in [-0.39, 0.29) is 12.8 Å². The number of carbonyl (C=O) groups is 3. The van der Waals surface area contributed by atoms with Crippen LogP contribution in [0.4, 0.5) is 0 Å². The standard InChI is InChI=1S/C11H20N2O7S/c1-6(2)21(19,20)5-8(11(17)18)13-9(14)4-3-7(12)10(15)16/h6-8H,3-5,12H2,1-2H3,(H,13,14)(H,15,16)(H,17,18)/t7?,8-/m0/s1. The summed E-state index contributed by atoms with van der Waals surface area (Å²) >= 11 is 0. The van der Waals surface area contributed by atoms with E-state index in [4.69, 9.17) is 15.9 Å². The molecule has 0 aromatic heterocycles. The lowest BCUT2D eigenvalue weighted by Crippen LogP contribution is -2.46. The maximum atomic E-state index is 11.7. The minimum Gasteiger partial charge on any atom is -0.480 e. The van der Waals surface area contributed by atoms with E-state index in [1.807, 2.05) is 0 Å². The smallest absolute Gasteiger partial charge is 0.327 e. The summed E-state index contributed by atoms with van der Waals surface area (Å²) in [4.78, 5) is 33.0. The first-order chi connectivity index (χ1) is 9.47. The quantitative estimate of drug-likeness (QED) is 0.401. The van der Waals surface area contributed by atoms with Gasteiger partial charge >= 0.3 is 11.9 Å². The molecule has 2 atom stereocenters. The number of rotatable bonds is 9. The molecule has 0 aliphatic rings. The Morgan fingerprint density at radius 1 is 1.14 bits per heavy atom. The van der Waals surface area contributed by atoms with Crippen LogP contribution in [0.3, 0.4) is 0 Å². The van der Waals surface area contributed by atoms with Gasteiger partial charge in [-0.1, -0.05) is 0 Å². The van der Waals surface area contributed by atoms with Crippen molar-refractivity contribution in [3.8, 4) is 0 Å². The van der Waals surface area contributed by atoms with Crippen LogP contribution < -0.4 is 11.1 Å². The third-order valence-corrected chi connectivity index (χ3v) is 4.98. The van der Waals surface area contributed by atoms with Gasteiger partial charge < -0.3 is 21.3 Å². The van der Waals surface area contributed by atoms with Crippen molar-refractivity contribution in [3.63, 3.8) is 0 Å². The fourth-order valence-electron chi connectivity index (χ4n) is 1.28. The lowest BCUT2D eigenvalue weighted by molar-refractivity contribution is -0.141. The summed E-state index contributed by atoms with van der Waals surface area (Å²) in [7, 11) is -3.65. The van der Waals surface area contributed by atoms with Crippen molar-refractivity contribution in [2.75, 3.05) is 5.75 Å². The Morgan fingerprint density at radius 3 is 2.05 bits per heavy atom. The first kappa shape index (κ1) is 19.3. The molecule has 1 unspecified atom stereocenters. The molecule has 9 nitrogen and oxygen atoms in total. The van der Waals surface area contributed by atoms with E-state index in [1.54, 1.807) is 0 Å². The Hall–Kier alpha value is -1.68. The number of carboxylic acids is 2. The third kappa shape index (κ3) is 7.04. The number of nitrogens with one attached hydrogen (secondary N) is 1. The highest BCUT2D eigenvalue weighted by atomic mass is 32.2. The van der Waals surface area contributed by atoms with Gasteiger partial charge in [0, 0.05) is 6.42 Å². The van der Waals surface area contributed by atoms with Crippen LogP contribution in [0, 0.1) is 0 Å². The average Bonchev–Trinajstić information content (AvgIpc) is 2.34. The van der Waals surface area contributed by atoms with E-state index in [0.717, 1.165) is 0 Å². The minimum absolute atomic E-state index is 0.176. The van der Waals surface area contributed by atoms with Gasteiger partial charge in [-0.05, 0) is 20.3 Å². The maximum absolute atomic E-state index is 11.7. The second-order valence-corrected chi connectivity index (χ2v) is 7.42. The summed E-state index contributed by atoms with van der Waals surface area (Å²) in [5, 5.41) is 18.8. The minimum atomic E-state index is -3.65. The van der Waals surface area contributed by atoms with E-state index in [9.17, 15) is 22.8 Å². The molecule has 0 rings (SSSR count). The van der Waals surface area contributed by atoms with Gasteiger partial charge in [-0.3, -0.25) is 9.59 Å². The number of aliphatic carboxylic acids is 2. The van der Waals surface area contributed by atoms with E-state index in [2.05, 4.69) is 5.32 Å². The normalized spacial score (nSPS) is 14.5. The summed E-state index contributed by atoms with van der Waals surface area (Å²) in [5.41, 5.74) is 5.21. The first-order valence-corrected chi connectivity index (χ1v) is 7.91. The molecule has 0 spiro atoms. The van der Waals surface area contributed by atoms with Gasteiger partial charge in [-0.2, -0.15) is 0 Å². The van der Waals surface area contributed by atoms with Gasteiger partial charge in [0.05, 0.1) is 11.0 Å². The van der Waals surface area contributed by atoms with E-state index in [1.165, 1.54) is 13.8 Å². The van der Waals surface area contributed by atoms with Crippen molar-refractivity contribution in [1.29, 1.82) is 0 Å². The summed E-state index contributed by atoms with van der Waals surface area (Å²) in [6, 6.07) is -2.82. The van der Waals surface area contributed by atoms with Crippen LogP contribution in [0.15, 0.2) is 0 Å². The van der Waals surface area contributed by atoms with Gasteiger partial charge in [0.1, 0.15) is 12.1 Å². The highest BCUT2D eigenvalue weighted by molar-refractivity contribution is 7.92. The van der Waals surface area contributed by atoms with Crippen LogP contribution in [0.2, 0.25) is 0 Å². The maximum Gasteiger partial charge on any atom is 0.327 e.